The molecule has 6 heteroatoms. The van der Waals surface area contributed by atoms with Gasteiger partial charge in [0.05, 0.1) is 20.3 Å². The maximum atomic E-state index is 12.1. The fraction of sp³-hybridized carbons (Fsp3) is 0.533. The van der Waals surface area contributed by atoms with E-state index in [1.165, 1.54) is 0 Å². The van der Waals surface area contributed by atoms with Gasteiger partial charge in [0, 0.05) is 25.1 Å². The lowest BCUT2D eigenvalue weighted by Gasteiger charge is -2.20. The lowest BCUT2D eigenvalue weighted by molar-refractivity contribution is 0.0264. The number of benzene rings is 1. The molecule has 1 aliphatic heterocycles. The van der Waals surface area contributed by atoms with Gasteiger partial charge in [-0.05, 0) is 25.1 Å². The smallest absolute Gasteiger partial charge is 0.251 e. The minimum Gasteiger partial charge on any atom is -0.493 e. The van der Waals surface area contributed by atoms with Crippen LogP contribution in [0.1, 0.15) is 23.7 Å². The molecule has 0 saturated carbocycles. The second-order valence-electron chi connectivity index (χ2n) is 5.01. The summed E-state index contributed by atoms with van der Waals surface area (Å²) >= 11 is 0. The number of hydrogen-bond donors (Lipinski definition) is 2. The van der Waals surface area contributed by atoms with E-state index in [2.05, 4.69) is 5.32 Å². The fourth-order valence-electron chi connectivity index (χ4n) is 2.17. The minimum absolute atomic E-state index is 0.168. The summed E-state index contributed by atoms with van der Waals surface area (Å²) < 4.78 is 15.8. The van der Waals surface area contributed by atoms with Crippen molar-refractivity contribution in [3.63, 3.8) is 0 Å². The van der Waals surface area contributed by atoms with Gasteiger partial charge >= 0.3 is 0 Å². The van der Waals surface area contributed by atoms with Gasteiger partial charge in [-0.25, -0.2) is 0 Å². The van der Waals surface area contributed by atoms with E-state index in [0.717, 1.165) is 0 Å². The molecule has 1 unspecified atom stereocenters. The second-order valence-corrected chi connectivity index (χ2v) is 5.01. The van der Waals surface area contributed by atoms with Crippen molar-refractivity contribution < 1.29 is 24.1 Å². The summed E-state index contributed by atoms with van der Waals surface area (Å²) in [7, 11) is 1.55. The van der Waals surface area contributed by atoms with Crippen LogP contribution in [0.5, 0.6) is 11.5 Å². The summed E-state index contributed by atoms with van der Waals surface area (Å²) in [5.41, 5.74) is -0.507. The molecule has 1 heterocycles. The van der Waals surface area contributed by atoms with Crippen LogP contribution in [0.4, 0.5) is 0 Å². The van der Waals surface area contributed by atoms with Crippen LogP contribution in [0.2, 0.25) is 0 Å². The Kier molecular flexibility index (Phi) is 5.03. The Hall–Kier alpha value is -1.79. The molecule has 0 bridgehead atoms. The highest BCUT2D eigenvalue weighted by molar-refractivity contribution is 5.94. The molecule has 2 rings (SSSR count). The van der Waals surface area contributed by atoms with E-state index in [0.29, 0.717) is 36.7 Å². The number of carbonyl (C=O) groups excluding carboxylic acids is 1. The van der Waals surface area contributed by atoms with Crippen molar-refractivity contribution in [1.29, 1.82) is 0 Å². The van der Waals surface area contributed by atoms with Gasteiger partial charge in [-0.2, -0.15) is 0 Å². The van der Waals surface area contributed by atoms with Crippen LogP contribution in [-0.2, 0) is 4.74 Å². The number of carbonyl (C=O) groups is 1. The van der Waals surface area contributed by atoms with Crippen LogP contribution < -0.4 is 14.8 Å². The quantitative estimate of drug-likeness (QED) is 0.818. The van der Waals surface area contributed by atoms with Gasteiger partial charge in [-0.1, -0.05) is 0 Å². The van der Waals surface area contributed by atoms with Crippen molar-refractivity contribution in [3.05, 3.63) is 23.8 Å². The fourth-order valence-corrected chi connectivity index (χ4v) is 2.17. The van der Waals surface area contributed by atoms with E-state index in [4.69, 9.17) is 14.2 Å². The largest absolute Gasteiger partial charge is 0.493 e. The first-order chi connectivity index (χ1) is 10.1. The topological polar surface area (TPSA) is 77.0 Å². The Labute approximate surface area is 124 Å². The maximum absolute atomic E-state index is 12.1. The van der Waals surface area contributed by atoms with Crippen LogP contribution in [-0.4, -0.2) is 50.1 Å². The average molecular weight is 295 g/mol. The molecule has 1 aromatic carbocycles. The maximum Gasteiger partial charge on any atom is 0.251 e. The van der Waals surface area contributed by atoms with Gasteiger partial charge in [0.15, 0.2) is 11.5 Å². The van der Waals surface area contributed by atoms with Gasteiger partial charge in [0.25, 0.3) is 5.91 Å². The summed E-state index contributed by atoms with van der Waals surface area (Å²) in [4.78, 5) is 12.1. The van der Waals surface area contributed by atoms with Crippen LogP contribution in [0.15, 0.2) is 18.2 Å². The van der Waals surface area contributed by atoms with Crippen LogP contribution >= 0.6 is 0 Å². The summed E-state index contributed by atoms with van der Waals surface area (Å²) in [6.07, 6.45) is 0.528. The molecular weight excluding hydrogens is 274 g/mol. The zero-order valence-electron chi connectivity index (χ0n) is 12.3. The van der Waals surface area contributed by atoms with Crippen LogP contribution in [0.3, 0.4) is 0 Å². The standard InChI is InChI=1S/C15H21NO5/c1-3-21-13-8-11(4-5-12(13)19-2)14(17)16-9-15(18)6-7-20-10-15/h4-5,8,18H,3,6-7,9-10H2,1-2H3,(H,16,17). The molecule has 6 nitrogen and oxygen atoms in total. The summed E-state index contributed by atoms with van der Waals surface area (Å²) in [6, 6.07) is 4.98. The minimum atomic E-state index is -0.967. The van der Waals surface area contributed by atoms with Crippen molar-refractivity contribution in [2.24, 2.45) is 0 Å². The Bertz CT molecular complexity index is 497. The van der Waals surface area contributed by atoms with E-state index >= 15 is 0 Å². The van der Waals surface area contributed by atoms with Gasteiger partial charge in [-0.15, -0.1) is 0 Å². The molecule has 0 radical (unpaired) electrons. The Morgan fingerprint density at radius 1 is 1.48 bits per heavy atom. The number of amides is 1. The summed E-state index contributed by atoms with van der Waals surface area (Å²) in [5.74, 6) is 0.839. The Balaban J connectivity index is 2.03. The molecule has 116 valence electrons. The van der Waals surface area contributed by atoms with Crippen molar-refractivity contribution >= 4 is 5.91 Å². The number of aliphatic hydroxyl groups is 1. The van der Waals surface area contributed by atoms with E-state index in [1.54, 1.807) is 25.3 Å². The third-order valence-electron chi connectivity index (χ3n) is 3.39. The summed E-state index contributed by atoms with van der Waals surface area (Å²) in [5, 5.41) is 12.8. The van der Waals surface area contributed by atoms with Crippen molar-refractivity contribution in [1.82, 2.24) is 5.32 Å². The lowest BCUT2D eigenvalue weighted by atomic mass is 10.0. The monoisotopic (exact) mass is 295 g/mol. The highest BCUT2D eigenvalue weighted by atomic mass is 16.5. The third kappa shape index (κ3) is 3.86. The predicted octanol–water partition coefficient (Wildman–Crippen LogP) is 0.975. The van der Waals surface area contributed by atoms with Gasteiger partial charge in [-0.3, -0.25) is 4.79 Å². The Morgan fingerprint density at radius 2 is 2.29 bits per heavy atom. The Morgan fingerprint density at radius 3 is 2.90 bits per heavy atom. The van der Waals surface area contributed by atoms with Crippen LogP contribution in [0, 0.1) is 0 Å². The molecule has 1 aromatic rings. The normalized spacial score (nSPS) is 21.1. The van der Waals surface area contributed by atoms with Gasteiger partial charge < -0.3 is 24.6 Å². The molecule has 2 N–H and O–H groups in total. The number of ether oxygens (including phenoxy) is 3. The molecule has 0 aliphatic carbocycles. The predicted molar refractivity (Wildman–Crippen MR) is 76.9 cm³/mol. The molecule has 1 saturated heterocycles. The number of rotatable bonds is 6. The van der Waals surface area contributed by atoms with Crippen molar-refractivity contribution in [2.45, 2.75) is 18.9 Å². The first-order valence-corrected chi connectivity index (χ1v) is 6.97. The first-order valence-electron chi connectivity index (χ1n) is 6.97. The first kappa shape index (κ1) is 15.6. The molecule has 0 aromatic heterocycles. The third-order valence-corrected chi connectivity index (χ3v) is 3.39. The van der Waals surface area contributed by atoms with E-state index in [9.17, 15) is 9.90 Å². The summed E-state index contributed by atoms with van der Waals surface area (Å²) in [6.45, 7) is 3.28. The highest BCUT2D eigenvalue weighted by Gasteiger charge is 2.32. The number of methoxy groups -OCH3 is 1. The van der Waals surface area contributed by atoms with E-state index in [1.807, 2.05) is 6.92 Å². The van der Waals surface area contributed by atoms with E-state index in [-0.39, 0.29) is 19.1 Å². The molecule has 1 amide bonds. The highest BCUT2D eigenvalue weighted by Crippen LogP contribution is 2.28. The lowest BCUT2D eigenvalue weighted by Crippen LogP contribution is -2.43. The molecule has 1 fully saturated rings. The van der Waals surface area contributed by atoms with Gasteiger partial charge in [0.2, 0.25) is 0 Å². The van der Waals surface area contributed by atoms with E-state index < -0.39 is 5.60 Å². The average Bonchev–Trinajstić information content (AvgIpc) is 2.92. The van der Waals surface area contributed by atoms with Gasteiger partial charge in [0.1, 0.15) is 5.60 Å². The van der Waals surface area contributed by atoms with Crippen molar-refractivity contribution in [3.8, 4) is 11.5 Å². The van der Waals surface area contributed by atoms with Crippen molar-refractivity contribution in [2.75, 3.05) is 33.5 Å². The molecule has 0 spiro atoms. The number of hydrogen-bond acceptors (Lipinski definition) is 5. The number of nitrogens with one attached hydrogen (secondary N) is 1. The van der Waals surface area contributed by atoms with Crippen LogP contribution in [0.25, 0.3) is 0 Å². The SMILES string of the molecule is CCOc1cc(C(=O)NCC2(O)CCOC2)ccc1OC. The molecule has 1 atom stereocenters. The molecule has 1 aliphatic rings. The second kappa shape index (κ2) is 6.78. The zero-order chi connectivity index (χ0) is 15.3. The molecule has 21 heavy (non-hydrogen) atoms. The molecular formula is C15H21NO5. The zero-order valence-corrected chi connectivity index (χ0v) is 12.3.